The maximum atomic E-state index is 12.7. The summed E-state index contributed by atoms with van der Waals surface area (Å²) < 4.78 is 48.9. The molecular weight excluding hydrogens is 271 g/mol. The zero-order valence-corrected chi connectivity index (χ0v) is 11.9. The second-order valence-electron chi connectivity index (χ2n) is 5.33. The number of hydrogen-bond donors (Lipinski definition) is 1. The number of halogens is 3. The predicted octanol–water partition coefficient (Wildman–Crippen LogP) is 3.36. The Kier molecular flexibility index (Phi) is 5.42. The largest absolute Gasteiger partial charge is 0.491 e. The molecule has 0 radical (unpaired) electrons. The first kappa shape index (κ1) is 16.8. The SMILES string of the molecule is CC(C)(C)OCCOc1ccc(C(F)(F)F)c(CN)c1. The van der Waals surface area contributed by atoms with E-state index in [2.05, 4.69) is 0 Å². The second-order valence-corrected chi connectivity index (χ2v) is 5.33. The minimum atomic E-state index is -4.40. The molecule has 0 unspecified atom stereocenters. The van der Waals surface area contributed by atoms with Crippen LogP contribution in [0.15, 0.2) is 18.2 Å². The first-order valence-electron chi connectivity index (χ1n) is 6.30. The molecule has 0 saturated carbocycles. The second kappa shape index (κ2) is 6.45. The van der Waals surface area contributed by atoms with Crippen molar-refractivity contribution in [3.05, 3.63) is 29.3 Å². The van der Waals surface area contributed by atoms with Crippen LogP contribution in [0.1, 0.15) is 31.9 Å². The van der Waals surface area contributed by atoms with Crippen molar-refractivity contribution < 1.29 is 22.6 Å². The molecule has 114 valence electrons. The molecule has 0 aliphatic rings. The molecule has 2 N–H and O–H groups in total. The van der Waals surface area contributed by atoms with Crippen molar-refractivity contribution in [1.82, 2.24) is 0 Å². The van der Waals surface area contributed by atoms with E-state index < -0.39 is 11.7 Å². The summed E-state index contributed by atoms with van der Waals surface area (Å²) in [5.74, 6) is 0.357. The third-order valence-electron chi connectivity index (χ3n) is 2.49. The highest BCUT2D eigenvalue weighted by atomic mass is 19.4. The molecule has 0 aliphatic heterocycles. The Morgan fingerprint density at radius 2 is 1.75 bits per heavy atom. The van der Waals surface area contributed by atoms with Gasteiger partial charge in [0, 0.05) is 6.54 Å². The van der Waals surface area contributed by atoms with Crippen LogP contribution >= 0.6 is 0 Å². The fourth-order valence-electron chi connectivity index (χ4n) is 1.61. The molecule has 0 aliphatic carbocycles. The van der Waals surface area contributed by atoms with Gasteiger partial charge in [0.15, 0.2) is 0 Å². The summed E-state index contributed by atoms with van der Waals surface area (Å²) in [7, 11) is 0. The Balaban J connectivity index is 2.65. The van der Waals surface area contributed by atoms with Crippen LogP contribution in [0, 0.1) is 0 Å². The molecule has 3 nitrogen and oxygen atoms in total. The van der Waals surface area contributed by atoms with Crippen molar-refractivity contribution in [2.24, 2.45) is 5.73 Å². The molecule has 1 aromatic carbocycles. The molecule has 1 rings (SSSR count). The quantitative estimate of drug-likeness (QED) is 0.846. The monoisotopic (exact) mass is 291 g/mol. The van der Waals surface area contributed by atoms with Gasteiger partial charge in [-0.05, 0) is 44.5 Å². The van der Waals surface area contributed by atoms with Gasteiger partial charge in [0.2, 0.25) is 0 Å². The number of benzene rings is 1. The molecule has 0 amide bonds. The summed E-state index contributed by atoms with van der Waals surface area (Å²) in [5.41, 5.74) is 4.37. The van der Waals surface area contributed by atoms with Gasteiger partial charge in [-0.25, -0.2) is 0 Å². The highest BCUT2D eigenvalue weighted by molar-refractivity contribution is 5.37. The molecule has 0 saturated heterocycles. The van der Waals surface area contributed by atoms with Crippen molar-refractivity contribution in [2.45, 2.75) is 39.1 Å². The van der Waals surface area contributed by atoms with E-state index in [1.54, 1.807) is 0 Å². The Labute approximate surface area is 116 Å². The Morgan fingerprint density at radius 3 is 2.25 bits per heavy atom. The van der Waals surface area contributed by atoms with E-state index in [1.165, 1.54) is 12.1 Å². The first-order chi connectivity index (χ1) is 9.13. The zero-order valence-electron chi connectivity index (χ0n) is 11.9. The highest BCUT2D eigenvalue weighted by Crippen LogP contribution is 2.33. The van der Waals surface area contributed by atoms with E-state index in [0.29, 0.717) is 12.4 Å². The van der Waals surface area contributed by atoms with Gasteiger partial charge in [0.25, 0.3) is 0 Å². The average Bonchev–Trinajstić information content (AvgIpc) is 2.32. The van der Waals surface area contributed by atoms with E-state index in [4.69, 9.17) is 15.2 Å². The van der Waals surface area contributed by atoms with Crippen LogP contribution in [0.4, 0.5) is 13.2 Å². The van der Waals surface area contributed by atoms with Gasteiger partial charge in [-0.2, -0.15) is 13.2 Å². The van der Waals surface area contributed by atoms with E-state index in [0.717, 1.165) is 6.07 Å². The fraction of sp³-hybridized carbons (Fsp3) is 0.571. The van der Waals surface area contributed by atoms with Crippen molar-refractivity contribution in [3.63, 3.8) is 0 Å². The molecule has 0 atom stereocenters. The smallest absolute Gasteiger partial charge is 0.416 e. The molecule has 0 aromatic heterocycles. The predicted molar refractivity (Wildman–Crippen MR) is 70.5 cm³/mol. The summed E-state index contributed by atoms with van der Waals surface area (Å²) in [4.78, 5) is 0. The van der Waals surface area contributed by atoms with Crippen LogP contribution in [0.3, 0.4) is 0 Å². The maximum Gasteiger partial charge on any atom is 0.416 e. The molecule has 20 heavy (non-hydrogen) atoms. The van der Waals surface area contributed by atoms with Crippen LogP contribution in [-0.4, -0.2) is 18.8 Å². The first-order valence-corrected chi connectivity index (χ1v) is 6.30. The van der Waals surface area contributed by atoms with Crippen molar-refractivity contribution in [1.29, 1.82) is 0 Å². The van der Waals surface area contributed by atoms with Gasteiger partial charge in [-0.15, -0.1) is 0 Å². The third-order valence-corrected chi connectivity index (χ3v) is 2.49. The minimum Gasteiger partial charge on any atom is -0.491 e. The summed E-state index contributed by atoms with van der Waals surface area (Å²) >= 11 is 0. The number of hydrogen-bond acceptors (Lipinski definition) is 3. The fourth-order valence-corrected chi connectivity index (χ4v) is 1.61. The highest BCUT2D eigenvalue weighted by Gasteiger charge is 2.32. The van der Waals surface area contributed by atoms with Crippen molar-refractivity contribution >= 4 is 0 Å². The molecule has 6 heteroatoms. The lowest BCUT2D eigenvalue weighted by molar-refractivity contribution is -0.138. The summed E-state index contributed by atoms with van der Waals surface area (Å²) in [5, 5.41) is 0. The summed E-state index contributed by atoms with van der Waals surface area (Å²) in [6.45, 7) is 6.19. The zero-order chi connectivity index (χ0) is 15.4. The molecule has 0 heterocycles. The topological polar surface area (TPSA) is 44.5 Å². The molecule has 0 spiro atoms. The van der Waals surface area contributed by atoms with Gasteiger partial charge < -0.3 is 15.2 Å². The van der Waals surface area contributed by atoms with Gasteiger partial charge in [-0.1, -0.05) is 0 Å². The van der Waals surface area contributed by atoms with E-state index in [-0.39, 0.29) is 24.3 Å². The van der Waals surface area contributed by atoms with E-state index >= 15 is 0 Å². The van der Waals surface area contributed by atoms with Gasteiger partial charge in [-0.3, -0.25) is 0 Å². The molecule has 0 bridgehead atoms. The Bertz CT molecular complexity index is 439. The van der Waals surface area contributed by atoms with E-state index in [9.17, 15) is 13.2 Å². The van der Waals surface area contributed by atoms with Crippen LogP contribution in [0.5, 0.6) is 5.75 Å². The molecular formula is C14H20F3NO2. The van der Waals surface area contributed by atoms with Gasteiger partial charge >= 0.3 is 6.18 Å². The summed E-state index contributed by atoms with van der Waals surface area (Å²) in [6, 6.07) is 3.60. The lowest BCUT2D eigenvalue weighted by atomic mass is 10.1. The van der Waals surface area contributed by atoms with Gasteiger partial charge in [0.05, 0.1) is 17.8 Å². The van der Waals surface area contributed by atoms with Gasteiger partial charge in [0.1, 0.15) is 12.4 Å². The molecule has 1 aromatic rings. The minimum absolute atomic E-state index is 0.0201. The lowest BCUT2D eigenvalue weighted by Gasteiger charge is -2.19. The van der Waals surface area contributed by atoms with Crippen LogP contribution < -0.4 is 10.5 Å². The van der Waals surface area contributed by atoms with E-state index in [1.807, 2.05) is 20.8 Å². The standard InChI is InChI=1S/C14H20F3NO2/c1-13(2,3)20-7-6-19-11-4-5-12(14(15,16)17)10(8-11)9-18/h4-5,8H,6-7,9,18H2,1-3H3. The van der Waals surface area contributed by atoms with Crippen molar-refractivity contribution in [2.75, 3.05) is 13.2 Å². The van der Waals surface area contributed by atoms with Crippen LogP contribution in [-0.2, 0) is 17.5 Å². The Morgan fingerprint density at radius 1 is 1.10 bits per heavy atom. The lowest BCUT2D eigenvalue weighted by Crippen LogP contribution is -2.22. The number of ether oxygens (including phenoxy) is 2. The average molecular weight is 291 g/mol. The van der Waals surface area contributed by atoms with Crippen molar-refractivity contribution in [3.8, 4) is 5.75 Å². The van der Waals surface area contributed by atoms with Crippen LogP contribution in [0.25, 0.3) is 0 Å². The Hall–Kier alpha value is -1.27. The number of alkyl halides is 3. The normalized spacial score (nSPS) is 12.6. The summed E-state index contributed by atoms with van der Waals surface area (Å²) in [6.07, 6.45) is -4.40. The maximum absolute atomic E-state index is 12.7. The molecule has 0 fully saturated rings. The number of nitrogens with two attached hydrogens (primary N) is 1. The number of rotatable bonds is 5. The third kappa shape index (κ3) is 5.38. The van der Waals surface area contributed by atoms with Crippen LogP contribution in [0.2, 0.25) is 0 Å².